The molecule has 0 aromatic rings. The fraction of sp³-hybridized carbons (Fsp3) is 0.600. The van der Waals surface area contributed by atoms with Crippen LogP contribution in [0.3, 0.4) is 0 Å². The predicted molar refractivity (Wildman–Crippen MR) is 32.5 cm³/mol. The fourth-order valence-electron chi connectivity index (χ4n) is 0.344. The highest BCUT2D eigenvalue weighted by Crippen LogP contribution is 1.93. The van der Waals surface area contributed by atoms with Crippen LogP contribution in [-0.4, -0.2) is 28.2 Å². The molecule has 0 aliphatic carbocycles. The van der Waals surface area contributed by atoms with Gasteiger partial charge in [-0.1, -0.05) is 0 Å². The van der Waals surface area contributed by atoms with Crippen molar-refractivity contribution in [2.24, 2.45) is 5.73 Å². The first-order chi connectivity index (χ1) is 5.61. The summed E-state index contributed by atoms with van der Waals surface area (Å²) in [5, 5.41) is 16.6. The van der Waals surface area contributed by atoms with E-state index in [9.17, 15) is 9.59 Å². The van der Waals surface area contributed by atoms with Crippen LogP contribution in [0.2, 0.25) is 0 Å². The van der Waals surface area contributed by atoms with Crippen LogP contribution in [-0.2, 0) is 9.59 Å². The molecular weight excluding hydrogens is 139 g/mol. The van der Waals surface area contributed by atoms with Crippen molar-refractivity contribution >= 4 is 11.9 Å². The summed E-state index contributed by atoms with van der Waals surface area (Å²) in [6, 6.07) is -2.68. The Morgan fingerprint density at radius 3 is 2.40 bits per heavy atom. The van der Waals surface area contributed by atoms with Crippen molar-refractivity contribution in [3.63, 3.8) is 0 Å². The molecule has 0 saturated heterocycles. The summed E-state index contributed by atoms with van der Waals surface area (Å²) in [5.41, 5.74) is 4.93. The van der Waals surface area contributed by atoms with Gasteiger partial charge in [0.2, 0.25) is 0 Å². The Morgan fingerprint density at radius 2 is 2.10 bits per heavy atom. The molecule has 0 aromatic carbocycles. The largest absolute Gasteiger partial charge is 0.481 e. The van der Waals surface area contributed by atoms with Crippen molar-refractivity contribution in [3.05, 3.63) is 0 Å². The van der Waals surface area contributed by atoms with Crippen LogP contribution in [0.15, 0.2) is 0 Å². The number of carbonyl (C=O) groups is 2. The van der Waals surface area contributed by atoms with E-state index in [0.717, 1.165) is 0 Å². The molecule has 0 amide bonds. The van der Waals surface area contributed by atoms with Crippen molar-refractivity contribution in [1.82, 2.24) is 0 Å². The van der Waals surface area contributed by atoms with E-state index < -0.39 is 30.8 Å². The van der Waals surface area contributed by atoms with Gasteiger partial charge in [0.1, 0.15) is 0 Å². The minimum Gasteiger partial charge on any atom is -0.481 e. The van der Waals surface area contributed by atoms with Crippen LogP contribution in [0.5, 0.6) is 0 Å². The molecule has 10 heavy (non-hydrogen) atoms. The van der Waals surface area contributed by atoms with Gasteiger partial charge in [-0.2, -0.15) is 0 Å². The second-order valence-electron chi connectivity index (χ2n) is 1.53. The minimum absolute atomic E-state index is 1.08. The normalized spacial score (nSPS) is 21.5. The highest BCUT2D eigenvalue weighted by Gasteiger charge is 2.10. The van der Waals surface area contributed by atoms with Gasteiger partial charge in [0, 0.05) is 10.1 Å². The highest BCUT2D eigenvalue weighted by atomic mass is 16.4. The highest BCUT2D eigenvalue weighted by molar-refractivity contribution is 5.71. The first-order valence-electron chi connectivity index (χ1n) is 3.85. The third-order valence-electron chi connectivity index (χ3n) is 0.609. The monoisotopic (exact) mass is 151 g/mol. The molecule has 0 aliphatic heterocycles. The number of carboxylic acid groups (broad SMARTS) is 2. The summed E-state index contributed by atoms with van der Waals surface area (Å²) in [4.78, 5) is 20.4. The molecule has 0 aliphatic rings. The van der Waals surface area contributed by atoms with E-state index in [-0.39, 0.29) is 0 Å². The van der Waals surface area contributed by atoms with E-state index >= 15 is 0 Å². The summed E-state index contributed by atoms with van der Waals surface area (Å²) >= 11 is 0. The Balaban J connectivity index is 4.80. The lowest BCUT2D eigenvalue weighted by Gasteiger charge is -2.02. The summed E-state index contributed by atoms with van der Waals surface area (Å²) < 4.78 is 20.8. The zero-order chi connectivity index (χ0) is 10.9. The van der Waals surface area contributed by atoms with Gasteiger partial charge < -0.3 is 15.9 Å². The van der Waals surface area contributed by atoms with Crippen LogP contribution in [0, 0.1) is 0 Å². The first kappa shape index (κ1) is 4.68. The molecule has 0 fully saturated rings. The molecule has 0 saturated carbocycles. The van der Waals surface area contributed by atoms with Crippen molar-refractivity contribution < 1.29 is 23.9 Å². The Hall–Kier alpha value is -1.10. The van der Waals surface area contributed by atoms with Crippen molar-refractivity contribution in [1.29, 1.82) is 0 Å². The van der Waals surface area contributed by atoms with Crippen LogP contribution in [0.1, 0.15) is 16.9 Å². The number of carboxylic acids is 2. The topological polar surface area (TPSA) is 101 Å². The molecule has 0 radical (unpaired) electrons. The van der Waals surface area contributed by atoms with E-state index in [2.05, 4.69) is 0 Å². The zero-order valence-electron chi connectivity index (χ0n) is 8.00. The predicted octanol–water partition coefficient (Wildman–Crippen LogP) is -0.737. The Morgan fingerprint density at radius 1 is 1.60 bits per heavy atom. The second kappa shape index (κ2) is 3.84. The van der Waals surface area contributed by atoms with Crippen molar-refractivity contribution in [3.8, 4) is 0 Å². The smallest absolute Gasteiger partial charge is 0.304 e. The molecule has 0 bridgehead atoms. The van der Waals surface area contributed by atoms with Gasteiger partial charge in [-0.15, -0.1) is 0 Å². The molecule has 1 unspecified atom stereocenters. The quantitative estimate of drug-likeness (QED) is 0.459. The van der Waals surface area contributed by atoms with Gasteiger partial charge in [-0.3, -0.25) is 9.59 Å². The van der Waals surface area contributed by atoms with Gasteiger partial charge in [0.15, 0.2) is 0 Å². The molecule has 5 nitrogen and oxygen atoms in total. The van der Waals surface area contributed by atoms with E-state index in [0.29, 0.717) is 0 Å². The molecule has 58 valence electrons. The molecule has 1 atom stereocenters. The third kappa shape index (κ3) is 5.04. The maximum atomic E-state index is 10.3. The minimum atomic E-state index is -3.09. The van der Waals surface area contributed by atoms with Gasteiger partial charge >= 0.3 is 11.9 Å². The number of nitrogens with two attached hydrogens (primary N) is 1. The van der Waals surface area contributed by atoms with Crippen LogP contribution < -0.4 is 5.73 Å². The molecule has 0 heterocycles. The van der Waals surface area contributed by atoms with Crippen LogP contribution in [0.25, 0.3) is 0 Å². The Bertz CT molecular complexity index is 240. The maximum absolute atomic E-state index is 10.3. The lowest BCUT2D eigenvalue weighted by Crippen LogP contribution is -2.26. The lowest BCUT2D eigenvalue weighted by atomic mass is 10.4. The van der Waals surface area contributed by atoms with Gasteiger partial charge in [-0.05, 0) is 0 Å². The number of rotatable bonds is 4. The average Bonchev–Trinajstić information content (AvgIpc) is 1.83. The van der Waals surface area contributed by atoms with Crippen LogP contribution in [0.4, 0.5) is 0 Å². The zero-order valence-corrected chi connectivity index (χ0v) is 5.00. The van der Waals surface area contributed by atoms with Crippen LogP contribution >= 0.6 is 0 Å². The molecule has 0 spiro atoms. The van der Waals surface area contributed by atoms with Crippen molar-refractivity contribution in [2.75, 3.05) is 0 Å². The summed E-state index contributed by atoms with van der Waals surface area (Å²) in [6.45, 7) is 0. The van der Waals surface area contributed by atoms with Gasteiger partial charge in [0.05, 0.1) is 12.8 Å². The first-order valence-corrected chi connectivity index (χ1v) is 2.35. The van der Waals surface area contributed by atoms with E-state index in [1.54, 1.807) is 0 Å². The second-order valence-corrected chi connectivity index (χ2v) is 1.53. The molecule has 5 heteroatoms. The Labute approximate surface area is 61.7 Å². The summed E-state index contributed by atoms with van der Waals surface area (Å²) in [7, 11) is 0. The van der Waals surface area contributed by atoms with Gasteiger partial charge in [0.25, 0.3) is 0 Å². The van der Waals surface area contributed by atoms with Gasteiger partial charge in [-0.25, -0.2) is 0 Å². The fourth-order valence-corrected chi connectivity index (χ4v) is 0.344. The summed E-state index contributed by atoms with van der Waals surface area (Å²) in [6.07, 6.45) is -4.17. The summed E-state index contributed by atoms with van der Waals surface area (Å²) in [5.74, 6) is -3.48. The lowest BCUT2D eigenvalue weighted by molar-refractivity contribution is -0.139. The number of aliphatic carboxylic acids is 2. The van der Waals surface area contributed by atoms with Crippen molar-refractivity contribution in [2.45, 2.75) is 18.8 Å². The SMILES string of the molecule is [2H]C([2H])(C(=O)O)[13C]([2H])(N)CC(=O)O. The molecule has 4 N–H and O–H groups in total. The Kier molecular flexibility index (Phi) is 1.79. The number of hydrogen-bond acceptors (Lipinski definition) is 3. The molecule has 0 aromatic heterocycles. The van der Waals surface area contributed by atoms with E-state index in [4.69, 9.17) is 20.1 Å². The molecule has 0 rings (SSSR count). The molecular formula is C5H9NO4. The standard InChI is InChI=1S/C5H9NO4/c6-3(1-4(7)8)2-5(9)10/h3H,1-2,6H2,(H,7,8)(H,9,10)/i1D2,3+1D. The third-order valence-corrected chi connectivity index (χ3v) is 0.609. The maximum Gasteiger partial charge on any atom is 0.304 e. The average molecular weight is 151 g/mol. The van der Waals surface area contributed by atoms with E-state index in [1.807, 2.05) is 0 Å². The number of hydrogen-bond donors (Lipinski definition) is 3. The van der Waals surface area contributed by atoms with E-state index in [1.165, 1.54) is 0 Å².